The molecular formula is C12H14F3NO2. The highest BCUT2D eigenvalue weighted by Gasteiger charge is 2.16. The van der Waals surface area contributed by atoms with Crippen LogP contribution in [0, 0.1) is 17.5 Å². The Balaban J connectivity index is 2.73. The minimum atomic E-state index is -1.59. The molecule has 0 radical (unpaired) electrons. The van der Waals surface area contributed by atoms with E-state index in [0.717, 1.165) is 0 Å². The van der Waals surface area contributed by atoms with E-state index in [1.165, 1.54) is 0 Å². The monoisotopic (exact) mass is 261 g/mol. The number of hydrogen-bond donors (Lipinski definition) is 1. The van der Waals surface area contributed by atoms with Gasteiger partial charge in [-0.3, -0.25) is 4.79 Å². The van der Waals surface area contributed by atoms with Gasteiger partial charge in [-0.25, -0.2) is 13.2 Å². The smallest absolute Gasteiger partial charge is 0.251 e. The molecule has 0 bridgehead atoms. The van der Waals surface area contributed by atoms with E-state index in [9.17, 15) is 18.0 Å². The Labute approximate surface area is 103 Å². The van der Waals surface area contributed by atoms with Crippen LogP contribution in [0.3, 0.4) is 0 Å². The Kier molecular flexibility index (Phi) is 5.15. The molecule has 18 heavy (non-hydrogen) atoms. The lowest BCUT2D eigenvalue weighted by Gasteiger charge is -2.13. The average molecular weight is 261 g/mol. The summed E-state index contributed by atoms with van der Waals surface area (Å²) in [6.45, 7) is 4.28. The van der Waals surface area contributed by atoms with Gasteiger partial charge < -0.3 is 10.1 Å². The van der Waals surface area contributed by atoms with Gasteiger partial charge in [-0.2, -0.15) is 0 Å². The summed E-state index contributed by atoms with van der Waals surface area (Å²) < 4.78 is 43.6. The van der Waals surface area contributed by atoms with Gasteiger partial charge in [0.2, 0.25) is 0 Å². The normalized spacial score (nSPS) is 12.3. The molecule has 6 heteroatoms. The van der Waals surface area contributed by atoms with Crippen molar-refractivity contribution in [2.45, 2.75) is 19.9 Å². The van der Waals surface area contributed by atoms with Crippen molar-refractivity contribution < 1.29 is 22.7 Å². The Bertz CT molecular complexity index is 414. The molecule has 3 nitrogen and oxygen atoms in total. The predicted octanol–water partition coefficient (Wildman–Crippen LogP) is 2.26. The van der Waals surface area contributed by atoms with Gasteiger partial charge in [-0.05, 0) is 26.0 Å². The quantitative estimate of drug-likeness (QED) is 0.826. The maximum Gasteiger partial charge on any atom is 0.251 e. The second kappa shape index (κ2) is 6.39. The Hall–Kier alpha value is -1.56. The molecule has 0 saturated carbocycles. The van der Waals surface area contributed by atoms with Crippen LogP contribution in [0.5, 0.6) is 0 Å². The summed E-state index contributed by atoms with van der Waals surface area (Å²) in [6.07, 6.45) is 0. The molecule has 1 amide bonds. The summed E-state index contributed by atoms with van der Waals surface area (Å²) in [6, 6.07) is 0.996. The van der Waals surface area contributed by atoms with Gasteiger partial charge in [0.1, 0.15) is 0 Å². The summed E-state index contributed by atoms with van der Waals surface area (Å²) in [5.74, 6) is -5.05. The molecule has 0 aliphatic carbocycles. The third-order valence-electron chi connectivity index (χ3n) is 2.20. The van der Waals surface area contributed by atoms with Crippen LogP contribution < -0.4 is 5.32 Å². The first kappa shape index (κ1) is 14.5. The zero-order chi connectivity index (χ0) is 13.7. The largest absolute Gasteiger partial charge is 0.380 e. The minimum Gasteiger partial charge on any atom is -0.380 e. The van der Waals surface area contributed by atoms with Crippen LogP contribution in [-0.4, -0.2) is 25.2 Å². The van der Waals surface area contributed by atoms with E-state index in [4.69, 9.17) is 4.74 Å². The number of ether oxygens (including phenoxy) is 1. The molecule has 0 heterocycles. The number of carbonyl (C=O) groups is 1. The van der Waals surface area contributed by atoms with Crippen molar-refractivity contribution in [3.05, 3.63) is 35.1 Å². The van der Waals surface area contributed by atoms with Gasteiger partial charge in [0.05, 0.1) is 6.61 Å². The van der Waals surface area contributed by atoms with Gasteiger partial charge in [0.15, 0.2) is 17.5 Å². The number of amides is 1. The zero-order valence-corrected chi connectivity index (χ0v) is 10.1. The molecule has 1 rings (SSSR count). The van der Waals surface area contributed by atoms with E-state index < -0.39 is 23.4 Å². The van der Waals surface area contributed by atoms with Crippen LogP contribution in [0.4, 0.5) is 13.2 Å². The van der Waals surface area contributed by atoms with E-state index in [1.54, 1.807) is 13.8 Å². The van der Waals surface area contributed by atoms with Crippen molar-refractivity contribution in [1.82, 2.24) is 5.32 Å². The fourth-order valence-corrected chi connectivity index (χ4v) is 1.33. The van der Waals surface area contributed by atoms with Crippen molar-refractivity contribution in [1.29, 1.82) is 0 Å². The summed E-state index contributed by atoms with van der Waals surface area (Å²) in [5, 5.41) is 2.49. The fraction of sp³-hybridized carbons (Fsp3) is 0.417. The first-order chi connectivity index (χ1) is 8.45. The SMILES string of the molecule is CCOCC(C)NC(=O)c1cc(F)c(F)c(F)c1. The van der Waals surface area contributed by atoms with E-state index in [2.05, 4.69) is 5.32 Å². The van der Waals surface area contributed by atoms with E-state index >= 15 is 0 Å². The van der Waals surface area contributed by atoms with Crippen LogP contribution in [0.1, 0.15) is 24.2 Å². The van der Waals surface area contributed by atoms with Gasteiger partial charge in [0, 0.05) is 18.2 Å². The lowest BCUT2D eigenvalue weighted by Crippen LogP contribution is -2.36. The van der Waals surface area contributed by atoms with Crippen LogP contribution >= 0.6 is 0 Å². The van der Waals surface area contributed by atoms with E-state index in [1.807, 2.05) is 0 Å². The Morgan fingerprint density at radius 1 is 1.33 bits per heavy atom. The molecule has 1 atom stereocenters. The number of halogens is 3. The topological polar surface area (TPSA) is 38.3 Å². The van der Waals surface area contributed by atoms with Crippen molar-refractivity contribution in [3.8, 4) is 0 Å². The lowest BCUT2D eigenvalue weighted by atomic mass is 10.2. The highest BCUT2D eigenvalue weighted by atomic mass is 19.2. The molecule has 0 aliphatic rings. The first-order valence-corrected chi connectivity index (χ1v) is 5.48. The Morgan fingerprint density at radius 3 is 2.39 bits per heavy atom. The maximum atomic E-state index is 12.9. The molecule has 1 aromatic rings. The van der Waals surface area contributed by atoms with Crippen LogP contribution in [0.25, 0.3) is 0 Å². The molecule has 0 fully saturated rings. The first-order valence-electron chi connectivity index (χ1n) is 5.48. The molecule has 100 valence electrons. The van der Waals surface area contributed by atoms with Crippen molar-refractivity contribution >= 4 is 5.91 Å². The van der Waals surface area contributed by atoms with E-state index in [0.29, 0.717) is 18.7 Å². The number of rotatable bonds is 5. The minimum absolute atomic E-state index is 0.269. The van der Waals surface area contributed by atoms with Crippen molar-refractivity contribution in [3.63, 3.8) is 0 Å². The summed E-state index contributed by atoms with van der Waals surface area (Å²) in [7, 11) is 0. The van der Waals surface area contributed by atoms with Gasteiger partial charge in [0.25, 0.3) is 5.91 Å². The van der Waals surface area contributed by atoms with Crippen molar-refractivity contribution in [2.75, 3.05) is 13.2 Å². The predicted molar refractivity (Wildman–Crippen MR) is 59.7 cm³/mol. The molecule has 0 aromatic heterocycles. The molecular weight excluding hydrogens is 247 g/mol. The number of carbonyl (C=O) groups excluding carboxylic acids is 1. The molecule has 0 spiro atoms. The molecule has 0 aliphatic heterocycles. The third kappa shape index (κ3) is 3.73. The maximum absolute atomic E-state index is 12.9. The second-order valence-electron chi connectivity index (χ2n) is 3.79. The summed E-state index contributed by atoms with van der Waals surface area (Å²) in [5.41, 5.74) is -0.269. The van der Waals surface area contributed by atoms with Crippen LogP contribution in [0.15, 0.2) is 12.1 Å². The zero-order valence-electron chi connectivity index (χ0n) is 10.1. The van der Waals surface area contributed by atoms with Crippen molar-refractivity contribution in [2.24, 2.45) is 0 Å². The number of nitrogens with one attached hydrogen (secondary N) is 1. The van der Waals surface area contributed by atoms with Crippen LogP contribution in [-0.2, 0) is 4.74 Å². The van der Waals surface area contributed by atoms with Crippen LogP contribution in [0.2, 0.25) is 0 Å². The number of benzene rings is 1. The Morgan fingerprint density at radius 2 is 1.89 bits per heavy atom. The second-order valence-corrected chi connectivity index (χ2v) is 3.79. The third-order valence-corrected chi connectivity index (χ3v) is 2.20. The lowest BCUT2D eigenvalue weighted by molar-refractivity contribution is 0.0871. The standard InChI is InChI=1S/C12H14F3NO2/c1-3-18-6-7(2)16-12(17)8-4-9(13)11(15)10(14)5-8/h4-5,7H,3,6H2,1-2H3,(H,16,17). The van der Waals surface area contributed by atoms with Gasteiger partial charge >= 0.3 is 0 Å². The number of hydrogen-bond acceptors (Lipinski definition) is 2. The summed E-state index contributed by atoms with van der Waals surface area (Å²) >= 11 is 0. The van der Waals surface area contributed by atoms with Gasteiger partial charge in [-0.1, -0.05) is 0 Å². The average Bonchev–Trinajstić information content (AvgIpc) is 2.32. The van der Waals surface area contributed by atoms with E-state index in [-0.39, 0.29) is 18.2 Å². The highest BCUT2D eigenvalue weighted by molar-refractivity contribution is 5.94. The molecule has 0 saturated heterocycles. The molecule has 1 N–H and O–H groups in total. The highest BCUT2D eigenvalue weighted by Crippen LogP contribution is 2.13. The fourth-order valence-electron chi connectivity index (χ4n) is 1.33. The molecule has 1 unspecified atom stereocenters. The molecule has 1 aromatic carbocycles. The van der Waals surface area contributed by atoms with Gasteiger partial charge in [-0.15, -0.1) is 0 Å². The summed E-state index contributed by atoms with van der Waals surface area (Å²) in [4.78, 5) is 11.6.